The first-order chi connectivity index (χ1) is 16.5. The molecule has 0 spiro atoms. The summed E-state index contributed by atoms with van der Waals surface area (Å²) in [6, 6.07) is 14.8. The molecule has 1 amide bonds. The molecule has 3 unspecified atom stereocenters. The summed E-state index contributed by atoms with van der Waals surface area (Å²) in [5, 5.41) is 12.3. The van der Waals surface area contributed by atoms with E-state index >= 15 is 0 Å². The standard InChI is InChI=1S/C26H30ClN3O4/c1-33-26(32)29-28-14-21-12-20(31)13-24(34-21)30-15-19(25-22(27)3-2-4-23(25)30)11-16-5-7-17(8-6-16)18-9-10-18/h2-8,15,18,20-21,24,28,31H,9-14H2,1H3,(H,29,32). The van der Waals surface area contributed by atoms with E-state index in [-0.39, 0.29) is 12.3 Å². The van der Waals surface area contributed by atoms with Crippen molar-refractivity contribution in [2.45, 2.75) is 56.5 Å². The molecule has 1 saturated heterocycles. The molecule has 1 aromatic heterocycles. The Bertz CT molecular complexity index is 1160. The lowest BCUT2D eigenvalue weighted by atomic mass is 10.0. The lowest BCUT2D eigenvalue weighted by Gasteiger charge is -2.34. The van der Waals surface area contributed by atoms with Gasteiger partial charge in [0.05, 0.1) is 29.9 Å². The number of halogens is 1. The Hall–Kier alpha value is -2.58. The Labute approximate surface area is 204 Å². The summed E-state index contributed by atoms with van der Waals surface area (Å²) >= 11 is 6.66. The Morgan fingerprint density at radius 1 is 1.21 bits per heavy atom. The monoisotopic (exact) mass is 483 g/mol. The highest BCUT2D eigenvalue weighted by Gasteiger charge is 2.31. The van der Waals surface area contributed by atoms with Gasteiger partial charge in [0.15, 0.2) is 0 Å². The molecular weight excluding hydrogens is 454 g/mol. The summed E-state index contributed by atoms with van der Waals surface area (Å²) in [4.78, 5) is 11.3. The van der Waals surface area contributed by atoms with Gasteiger partial charge in [0.1, 0.15) is 6.23 Å². The second kappa shape index (κ2) is 9.96. The normalized spacial score (nSPS) is 22.6. The third-order valence-electron chi connectivity index (χ3n) is 6.68. The zero-order valence-corrected chi connectivity index (χ0v) is 19.9. The summed E-state index contributed by atoms with van der Waals surface area (Å²) in [6.07, 6.45) is 4.70. The molecule has 34 heavy (non-hydrogen) atoms. The molecule has 3 atom stereocenters. The fraction of sp³-hybridized carbons (Fsp3) is 0.423. The van der Waals surface area contributed by atoms with Crippen LogP contribution < -0.4 is 10.9 Å². The van der Waals surface area contributed by atoms with Crippen LogP contribution in [-0.2, 0) is 15.9 Å². The van der Waals surface area contributed by atoms with Crippen LogP contribution in [0.2, 0.25) is 5.02 Å². The van der Waals surface area contributed by atoms with E-state index in [1.807, 2.05) is 18.2 Å². The summed E-state index contributed by atoms with van der Waals surface area (Å²) in [6.45, 7) is 0.350. The number of hydrogen-bond acceptors (Lipinski definition) is 5. The van der Waals surface area contributed by atoms with Crippen LogP contribution >= 0.6 is 11.6 Å². The molecule has 7 nitrogen and oxygen atoms in total. The van der Waals surface area contributed by atoms with Gasteiger partial charge in [0, 0.05) is 31.0 Å². The SMILES string of the molecule is COC(=O)NNCC1CC(O)CC(n2cc(Cc3ccc(C4CC4)cc3)c3c(Cl)cccc32)O1. The number of aliphatic hydroxyl groups is 1. The molecule has 0 bridgehead atoms. The van der Waals surface area contributed by atoms with Gasteiger partial charge in [-0.2, -0.15) is 0 Å². The molecule has 3 aromatic rings. The van der Waals surface area contributed by atoms with Crippen molar-refractivity contribution in [3.63, 3.8) is 0 Å². The predicted octanol–water partition coefficient (Wildman–Crippen LogP) is 4.66. The summed E-state index contributed by atoms with van der Waals surface area (Å²) in [5.74, 6) is 0.741. The van der Waals surface area contributed by atoms with E-state index in [1.54, 1.807) is 0 Å². The summed E-state index contributed by atoms with van der Waals surface area (Å²) in [5.41, 5.74) is 10.0. The van der Waals surface area contributed by atoms with Crippen LogP contribution in [0.25, 0.3) is 10.9 Å². The Morgan fingerprint density at radius 2 is 2.00 bits per heavy atom. The molecule has 180 valence electrons. The fourth-order valence-corrected chi connectivity index (χ4v) is 5.12. The second-order valence-corrected chi connectivity index (χ2v) is 9.63. The highest BCUT2D eigenvalue weighted by Crippen LogP contribution is 2.40. The minimum absolute atomic E-state index is 0.277. The van der Waals surface area contributed by atoms with Gasteiger partial charge in [-0.05, 0) is 54.0 Å². The van der Waals surface area contributed by atoms with Crippen LogP contribution in [0.15, 0.2) is 48.7 Å². The first kappa shape index (κ1) is 23.2. The summed E-state index contributed by atoms with van der Waals surface area (Å²) in [7, 11) is 1.30. The lowest BCUT2D eigenvalue weighted by molar-refractivity contribution is -0.126. The van der Waals surface area contributed by atoms with Crippen molar-refractivity contribution in [2.24, 2.45) is 0 Å². The van der Waals surface area contributed by atoms with Crippen molar-refractivity contribution in [2.75, 3.05) is 13.7 Å². The molecule has 1 aliphatic carbocycles. The number of hydrogen-bond donors (Lipinski definition) is 3. The van der Waals surface area contributed by atoms with E-state index in [2.05, 4.69) is 50.6 Å². The predicted molar refractivity (Wildman–Crippen MR) is 131 cm³/mol. The number of ether oxygens (including phenoxy) is 2. The average molecular weight is 484 g/mol. The maximum absolute atomic E-state index is 11.3. The molecule has 0 radical (unpaired) electrons. The number of methoxy groups -OCH3 is 1. The van der Waals surface area contributed by atoms with Crippen LogP contribution in [0.4, 0.5) is 4.79 Å². The molecule has 3 N–H and O–H groups in total. The number of nitrogens with one attached hydrogen (secondary N) is 2. The number of carbonyl (C=O) groups is 1. The lowest BCUT2D eigenvalue weighted by Crippen LogP contribution is -2.45. The topological polar surface area (TPSA) is 84.8 Å². The maximum atomic E-state index is 11.3. The van der Waals surface area contributed by atoms with Gasteiger partial charge in [0.25, 0.3) is 0 Å². The highest BCUT2D eigenvalue weighted by molar-refractivity contribution is 6.35. The maximum Gasteiger partial charge on any atom is 0.421 e. The van der Waals surface area contributed by atoms with E-state index in [0.29, 0.717) is 24.4 Å². The van der Waals surface area contributed by atoms with Crippen molar-refractivity contribution in [1.82, 2.24) is 15.4 Å². The third-order valence-corrected chi connectivity index (χ3v) is 7.00. The van der Waals surface area contributed by atoms with Crippen LogP contribution in [0.3, 0.4) is 0 Å². The number of amides is 1. The van der Waals surface area contributed by atoms with Crippen molar-refractivity contribution in [3.8, 4) is 0 Å². The fourth-order valence-electron chi connectivity index (χ4n) is 4.83. The third kappa shape index (κ3) is 5.08. The van der Waals surface area contributed by atoms with Crippen LogP contribution in [0.5, 0.6) is 0 Å². The Morgan fingerprint density at radius 3 is 2.74 bits per heavy atom. The molecule has 1 saturated carbocycles. The number of carbonyl (C=O) groups excluding carboxylic acids is 1. The molecule has 2 aliphatic rings. The number of nitrogens with zero attached hydrogens (tertiary/aromatic N) is 1. The van der Waals surface area contributed by atoms with Crippen LogP contribution in [-0.4, -0.2) is 41.6 Å². The first-order valence-electron chi connectivity index (χ1n) is 11.8. The largest absolute Gasteiger partial charge is 0.452 e. The minimum Gasteiger partial charge on any atom is -0.452 e. The summed E-state index contributed by atoms with van der Waals surface area (Å²) < 4.78 is 13.0. The highest BCUT2D eigenvalue weighted by atomic mass is 35.5. The van der Waals surface area contributed by atoms with Crippen molar-refractivity contribution >= 4 is 28.6 Å². The Balaban J connectivity index is 1.38. The molecule has 2 fully saturated rings. The van der Waals surface area contributed by atoms with E-state index in [9.17, 15) is 9.90 Å². The van der Waals surface area contributed by atoms with Crippen LogP contribution in [0, 0.1) is 0 Å². The number of hydrazine groups is 1. The van der Waals surface area contributed by atoms with Gasteiger partial charge < -0.3 is 19.1 Å². The number of benzene rings is 2. The zero-order chi connectivity index (χ0) is 23.7. The molecule has 2 aromatic carbocycles. The quantitative estimate of drug-likeness (QED) is 0.425. The number of rotatable bonds is 7. The van der Waals surface area contributed by atoms with E-state index in [1.165, 1.54) is 31.1 Å². The molecule has 5 rings (SSSR count). The van der Waals surface area contributed by atoms with E-state index < -0.39 is 12.2 Å². The number of aromatic nitrogens is 1. The molecule has 8 heteroatoms. The average Bonchev–Trinajstić information content (AvgIpc) is 3.61. The molecule has 2 heterocycles. The van der Waals surface area contributed by atoms with Gasteiger partial charge in [0.2, 0.25) is 0 Å². The second-order valence-electron chi connectivity index (χ2n) is 9.22. The smallest absolute Gasteiger partial charge is 0.421 e. The van der Waals surface area contributed by atoms with Gasteiger partial charge in [-0.3, -0.25) is 5.43 Å². The van der Waals surface area contributed by atoms with Crippen molar-refractivity contribution in [3.05, 3.63) is 70.4 Å². The molecular formula is C26H30ClN3O4. The number of aliphatic hydroxyl groups excluding tert-OH is 1. The van der Waals surface area contributed by atoms with Gasteiger partial charge >= 0.3 is 6.09 Å². The zero-order valence-electron chi connectivity index (χ0n) is 19.2. The van der Waals surface area contributed by atoms with Gasteiger partial charge in [-0.15, -0.1) is 0 Å². The first-order valence-corrected chi connectivity index (χ1v) is 12.2. The van der Waals surface area contributed by atoms with E-state index in [4.69, 9.17) is 16.3 Å². The van der Waals surface area contributed by atoms with Crippen molar-refractivity contribution in [1.29, 1.82) is 0 Å². The number of fused-ring (bicyclic) bond motifs is 1. The van der Waals surface area contributed by atoms with Crippen LogP contribution in [0.1, 0.15) is 54.5 Å². The van der Waals surface area contributed by atoms with Crippen molar-refractivity contribution < 1.29 is 19.4 Å². The van der Waals surface area contributed by atoms with Gasteiger partial charge in [-0.25, -0.2) is 10.2 Å². The Kier molecular flexibility index (Phi) is 6.79. The van der Waals surface area contributed by atoms with E-state index in [0.717, 1.165) is 28.8 Å². The molecule has 1 aliphatic heterocycles. The van der Waals surface area contributed by atoms with Gasteiger partial charge in [-0.1, -0.05) is 41.9 Å². The minimum atomic E-state index is -0.575.